The topological polar surface area (TPSA) is 108 Å². The highest BCUT2D eigenvalue weighted by molar-refractivity contribution is 6.08. The number of carbonyl (C=O) groups excluding carboxylic acids is 3. The zero-order valence-electron chi connectivity index (χ0n) is 16.7. The second kappa shape index (κ2) is 9.85. The van der Waals surface area contributed by atoms with Crippen molar-refractivity contribution in [3.05, 3.63) is 95.1 Å². The molecule has 0 atom stereocenters. The first-order valence-electron chi connectivity index (χ1n) is 9.41. The van der Waals surface area contributed by atoms with Crippen LogP contribution < -0.4 is 10.6 Å². The normalized spacial score (nSPS) is 9.94. The van der Waals surface area contributed by atoms with Crippen LogP contribution in [-0.2, 0) is 9.53 Å². The van der Waals surface area contributed by atoms with Crippen LogP contribution in [0.5, 0.6) is 0 Å². The highest BCUT2D eigenvalue weighted by Gasteiger charge is 2.17. The minimum absolute atomic E-state index is 0.119. The monoisotopic (exact) mass is 413 g/mol. The molecule has 0 fully saturated rings. The number of ether oxygens (including phenoxy) is 1. The summed E-state index contributed by atoms with van der Waals surface area (Å²) in [7, 11) is 0. The van der Waals surface area contributed by atoms with E-state index in [1.807, 2.05) is 19.1 Å². The maximum Gasteiger partial charge on any atom is 0.340 e. The van der Waals surface area contributed by atoms with Gasteiger partial charge in [-0.15, -0.1) is 0 Å². The Morgan fingerprint density at radius 3 is 2.35 bits per heavy atom. The first kappa shape index (κ1) is 21.3. The number of esters is 1. The summed E-state index contributed by atoms with van der Waals surface area (Å²) in [6.45, 7) is 1.33. The molecule has 3 aromatic rings. The molecule has 0 bridgehead atoms. The molecule has 0 heterocycles. The highest BCUT2D eigenvalue weighted by atomic mass is 16.5. The predicted octanol–water partition coefficient (Wildman–Crippen LogP) is 3.91. The fraction of sp³-hybridized carbons (Fsp3) is 0.0833. The Kier molecular flexibility index (Phi) is 6.76. The van der Waals surface area contributed by atoms with E-state index in [2.05, 4.69) is 10.6 Å². The van der Waals surface area contributed by atoms with Crippen molar-refractivity contribution in [3.8, 4) is 6.07 Å². The molecule has 31 heavy (non-hydrogen) atoms. The van der Waals surface area contributed by atoms with E-state index in [4.69, 9.17) is 10.00 Å². The van der Waals surface area contributed by atoms with E-state index in [0.29, 0.717) is 16.8 Å². The van der Waals surface area contributed by atoms with Crippen LogP contribution in [0, 0.1) is 18.3 Å². The van der Waals surface area contributed by atoms with Crippen molar-refractivity contribution in [2.45, 2.75) is 6.92 Å². The summed E-state index contributed by atoms with van der Waals surface area (Å²) in [5, 5.41) is 14.3. The molecule has 0 aromatic heterocycles. The number of benzene rings is 3. The molecule has 0 spiro atoms. The van der Waals surface area contributed by atoms with Gasteiger partial charge in [0.2, 0.25) is 0 Å². The van der Waals surface area contributed by atoms with Gasteiger partial charge in [0.25, 0.3) is 11.8 Å². The molecule has 7 heteroatoms. The lowest BCUT2D eigenvalue weighted by atomic mass is 10.1. The number of anilines is 2. The summed E-state index contributed by atoms with van der Waals surface area (Å²) in [6, 6.07) is 21.9. The number of nitriles is 1. The summed E-state index contributed by atoms with van der Waals surface area (Å²) in [5.74, 6) is -1.71. The van der Waals surface area contributed by atoms with E-state index in [-0.39, 0.29) is 17.2 Å². The third-order valence-electron chi connectivity index (χ3n) is 4.33. The summed E-state index contributed by atoms with van der Waals surface area (Å²) in [4.78, 5) is 37.2. The number of carbonyl (C=O) groups is 3. The van der Waals surface area contributed by atoms with Gasteiger partial charge in [-0.3, -0.25) is 9.59 Å². The minimum Gasteiger partial charge on any atom is -0.452 e. The smallest absolute Gasteiger partial charge is 0.340 e. The lowest BCUT2D eigenvalue weighted by Gasteiger charge is -2.12. The number of hydrogen-bond donors (Lipinski definition) is 2. The maximum absolute atomic E-state index is 12.5. The van der Waals surface area contributed by atoms with E-state index in [1.165, 1.54) is 6.07 Å². The molecule has 0 saturated carbocycles. The van der Waals surface area contributed by atoms with Gasteiger partial charge in [0.1, 0.15) is 6.07 Å². The Hall–Kier alpha value is -4.44. The van der Waals surface area contributed by atoms with Gasteiger partial charge in [0, 0.05) is 5.56 Å². The number of rotatable bonds is 6. The van der Waals surface area contributed by atoms with Crippen molar-refractivity contribution in [1.82, 2.24) is 0 Å². The van der Waals surface area contributed by atoms with Gasteiger partial charge in [-0.25, -0.2) is 4.79 Å². The van der Waals surface area contributed by atoms with Crippen LogP contribution in [0.3, 0.4) is 0 Å². The third-order valence-corrected chi connectivity index (χ3v) is 4.33. The predicted molar refractivity (Wildman–Crippen MR) is 116 cm³/mol. The second-order valence-corrected chi connectivity index (χ2v) is 6.65. The minimum atomic E-state index is -0.760. The number of aryl methyl sites for hydroxylation is 1. The summed E-state index contributed by atoms with van der Waals surface area (Å²) in [6.07, 6.45) is 0. The average molecular weight is 413 g/mol. The Labute approximate surface area is 179 Å². The first-order valence-corrected chi connectivity index (χ1v) is 9.41. The van der Waals surface area contributed by atoms with Crippen LogP contribution in [0.4, 0.5) is 11.4 Å². The summed E-state index contributed by atoms with van der Waals surface area (Å²) < 4.78 is 5.10. The Bertz CT molecular complexity index is 1180. The van der Waals surface area contributed by atoms with E-state index < -0.39 is 18.5 Å². The highest BCUT2D eigenvalue weighted by Crippen LogP contribution is 2.18. The van der Waals surface area contributed by atoms with Gasteiger partial charge in [-0.05, 0) is 43.3 Å². The van der Waals surface area contributed by atoms with Crippen molar-refractivity contribution >= 4 is 29.2 Å². The zero-order valence-corrected chi connectivity index (χ0v) is 16.7. The molecule has 7 nitrogen and oxygen atoms in total. The molecule has 2 amide bonds. The fourth-order valence-corrected chi connectivity index (χ4v) is 2.84. The van der Waals surface area contributed by atoms with Gasteiger partial charge in [0.15, 0.2) is 6.61 Å². The van der Waals surface area contributed by atoms with E-state index in [1.54, 1.807) is 60.7 Å². The third kappa shape index (κ3) is 5.55. The van der Waals surface area contributed by atoms with Crippen LogP contribution in [-0.4, -0.2) is 24.4 Å². The van der Waals surface area contributed by atoms with Crippen LogP contribution in [0.2, 0.25) is 0 Å². The number of nitrogens with one attached hydrogen (secondary N) is 2. The van der Waals surface area contributed by atoms with Gasteiger partial charge in [-0.2, -0.15) is 5.26 Å². The molecule has 0 aliphatic carbocycles. The second-order valence-electron chi connectivity index (χ2n) is 6.65. The van der Waals surface area contributed by atoms with Crippen molar-refractivity contribution < 1.29 is 19.1 Å². The Morgan fingerprint density at radius 2 is 1.61 bits per heavy atom. The van der Waals surface area contributed by atoms with Crippen molar-refractivity contribution in [1.29, 1.82) is 5.26 Å². The van der Waals surface area contributed by atoms with Crippen LogP contribution in [0.15, 0.2) is 72.8 Å². The molecular formula is C24H19N3O4. The quantitative estimate of drug-likeness (QED) is 0.596. The Morgan fingerprint density at radius 1 is 0.903 bits per heavy atom. The van der Waals surface area contributed by atoms with Crippen molar-refractivity contribution in [2.75, 3.05) is 17.2 Å². The summed E-state index contributed by atoms with van der Waals surface area (Å²) in [5.41, 5.74) is 2.41. The average Bonchev–Trinajstić information content (AvgIpc) is 2.78. The number of amides is 2. The number of para-hydroxylation sites is 2. The van der Waals surface area contributed by atoms with E-state index >= 15 is 0 Å². The number of hydrogen-bond acceptors (Lipinski definition) is 5. The number of nitrogens with zero attached hydrogens (tertiary/aromatic N) is 1. The lowest BCUT2D eigenvalue weighted by Crippen LogP contribution is -2.22. The largest absolute Gasteiger partial charge is 0.452 e. The van der Waals surface area contributed by atoms with E-state index in [0.717, 1.165) is 5.56 Å². The molecule has 154 valence electrons. The molecule has 0 radical (unpaired) electrons. The zero-order chi connectivity index (χ0) is 22.2. The van der Waals surface area contributed by atoms with Gasteiger partial charge < -0.3 is 15.4 Å². The standard InChI is InChI=1S/C24H19N3O4/c1-16-7-6-9-17(13-16)23(29)27-21-12-5-3-10-19(21)24(30)31-15-22(28)26-20-11-4-2-8-18(20)14-25/h2-13H,15H2,1H3,(H,26,28)(H,27,29). The van der Waals surface area contributed by atoms with Gasteiger partial charge in [0.05, 0.1) is 22.5 Å². The van der Waals surface area contributed by atoms with Crippen LogP contribution >= 0.6 is 0 Å². The van der Waals surface area contributed by atoms with Crippen molar-refractivity contribution in [3.63, 3.8) is 0 Å². The van der Waals surface area contributed by atoms with E-state index in [9.17, 15) is 14.4 Å². The molecule has 0 saturated heterocycles. The lowest BCUT2D eigenvalue weighted by molar-refractivity contribution is -0.119. The molecular weight excluding hydrogens is 394 g/mol. The SMILES string of the molecule is Cc1cccc(C(=O)Nc2ccccc2C(=O)OCC(=O)Nc2ccccc2C#N)c1. The molecule has 0 aliphatic rings. The molecule has 0 unspecified atom stereocenters. The summed E-state index contributed by atoms with van der Waals surface area (Å²) >= 11 is 0. The van der Waals surface area contributed by atoms with Crippen molar-refractivity contribution in [2.24, 2.45) is 0 Å². The van der Waals surface area contributed by atoms with Crippen LogP contribution in [0.1, 0.15) is 31.8 Å². The van der Waals surface area contributed by atoms with Gasteiger partial charge in [-0.1, -0.05) is 42.0 Å². The Balaban J connectivity index is 1.65. The van der Waals surface area contributed by atoms with Crippen LogP contribution in [0.25, 0.3) is 0 Å². The fourth-order valence-electron chi connectivity index (χ4n) is 2.84. The molecule has 0 aliphatic heterocycles. The molecule has 3 rings (SSSR count). The molecule has 3 aromatic carbocycles. The van der Waals surface area contributed by atoms with Gasteiger partial charge >= 0.3 is 5.97 Å². The molecule has 2 N–H and O–H groups in total. The maximum atomic E-state index is 12.5. The first-order chi connectivity index (χ1) is 15.0.